The Hall–Kier alpha value is -0.0800. The quantitative estimate of drug-likeness (QED) is 0.789. The molecule has 3 fully saturated rings. The number of nitrogens with one attached hydrogen (secondary N) is 1. The van der Waals surface area contributed by atoms with Gasteiger partial charge in [-0.05, 0) is 57.4 Å². The fourth-order valence-corrected chi connectivity index (χ4v) is 3.89. The van der Waals surface area contributed by atoms with Gasteiger partial charge in [0.15, 0.2) is 0 Å². The van der Waals surface area contributed by atoms with E-state index in [2.05, 4.69) is 17.1 Å². The molecule has 0 aromatic carbocycles. The van der Waals surface area contributed by atoms with Crippen molar-refractivity contribution in [3.8, 4) is 0 Å². The molecule has 0 spiro atoms. The molecule has 0 aromatic heterocycles. The van der Waals surface area contributed by atoms with Crippen LogP contribution in [0.15, 0.2) is 0 Å². The van der Waals surface area contributed by atoms with E-state index in [4.69, 9.17) is 0 Å². The summed E-state index contributed by atoms with van der Waals surface area (Å²) in [5, 5.41) is 3.76. The summed E-state index contributed by atoms with van der Waals surface area (Å²) in [6.45, 7) is 4.92. The van der Waals surface area contributed by atoms with Crippen LogP contribution in [0.5, 0.6) is 0 Å². The van der Waals surface area contributed by atoms with Crippen LogP contribution in [0.3, 0.4) is 0 Å². The summed E-state index contributed by atoms with van der Waals surface area (Å²) in [4.78, 5) is 2.89. The SMILES string of the molecule is CCCNC1CC2CCCC(C1)N2CC1CC1. The first-order chi connectivity index (χ1) is 8.36. The van der Waals surface area contributed by atoms with Crippen molar-refractivity contribution < 1.29 is 0 Å². The summed E-state index contributed by atoms with van der Waals surface area (Å²) in [7, 11) is 0. The van der Waals surface area contributed by atoms with E-state index >= 15 is 0 Å². The number of rotatable bonds is 5. The maximum absolute atomic E-state index is 3.76. The van der Waals surface area contributed by atoms with Gasteiger partial charge in [0.1, 0.15) is 0 Å². The Morgan fingerprint density at radius 3 is 2.35 bits per heavy atom. The maximum Gasteiger partial charge on any atom is 0.0113 e. The van der Waals surface area contributed by atoms with Gasteiger partial charge in [-0.3, -0.25) is 4.90 Å². The van der Waals surface area contributed by atoms with E-state index in [9.17, 15) is 0 Å². The zero-order valence-electron chi connectivity index (χ0n) is 11.3. The predicted molar refractivity (Wildman–Crippen MR) is 72.2 cm³/mol. The van der Waals surface area contributed by atoms with Crippen molar-refractivity contribution in [2.45, 2.75) is 76.4 Å². The second-order valence-electron chi connectivity index (χ2n) is 6.50. The average Bonchev–Trinajstić information content (AvgIpc) is 3.10. The number of hydrogen-bond acceptors (Lipinski definition) is 2. The summed E-state index contributed by atoms with van der Waals surface area (Å²) in [5.74, 6) is 1.07. The van der Waals surface area contributed by atoms with Gasteiger partial charge in [-0.15, -0.1) is 0 Å². The normalized spacial score (nSPS) is 38.3. The van der Waals surface area contributed by atoms with Crippen molar-refractivity contribution in [2.24, 2.45) is 5.92 Å². The molecule has 2 saturated heterocycles. The van der Waals surface area contributed by atoms with Gasteiger partial charge in [-0.25, -0.2) is 0 Å². The highest BCUT2D eigenvalue weighted by Crippen LogP contribution is 2.38. The van der Waals surface area contributed by atoms with Gasteiger partial charge in [0.25, 0.3) is 0 Å². The minimum absolute atomic E-state index is 0.820. The first-order valence-corrected chi connectivity index (χ1v) is 7.86. The Morgan fingerprint density at radius 1 is 1.06 bits per heavy atom. The van der Waals surface area contributed by atoms with Crippen LogP contribution in [0.4, 0.5) is 0 Å². The van der Waals surface area contributed by atoms with Crippen LogP contribution < -0.4 is 5.32 Å². The smallest absolute Gasteiger partial charge is 0.0113 e. The second kappa shape index (κ2) is 5.27. The fraction of sp³-hybridized carbons (Fsp3) is 1.00. The standard InChI is InChI=1S/C15H28N2/c1-2-8-16-13-9-14-4-3-5-15(10-13)17(14)11-12-6-7-12/h12-16H,2-11H2,1H3. The number of fused-ring (bicyclic) bond motifs is 2. The number of hydrogen-bond donors (Lipinski definition) is 1. The average molecular weight is 236 g/mol. The highest BCUT2D eigenvalue weighted by atomic mass is 15.2. The van der Waals surface area contributed by atoms with Crippen molar-refractivity contribution >= 4 is 0 Å². The molecule has 2 nitrogen and oxygen atoms in total. The first-order valence-electron chi connectivity index (χ1n) is 7.86. The summed E-state index contributed by atoms with van der Waals surface area (Å²) in [6.07, 6.45) is 11.5. The Morgan fingerprint density at radius 2 is 1.76 bits per heavy atom. The van der Waals surface area contributed by atoms with E-state index in [1.54, 1.807) is 0 Å². The zero-order valence-corrected chi connectivity index (χ0v) is 11.3. The molecule has 2 atom stereocenters. The molecular formula is C15H28N2. The summed E-state index contributed by atoms with van der Waals surface area (Å²) in [6, 6.07) is 2.65. The molecule has 1 N–H and O–H groups in total. The molecule has 0 amide bonds. The summed E-state index contributed by atoms with van der Waals surface area (Å²) in [5.41, 5.74) is 0. The van der Waals surface area contributed by atoms with Crippen molar-refractivity contribution in [2.75, 3.05) is 13.1 Å². The van der Waals surface area contributed by atoms with Gasteiger partial charge >= 0.3 is 0 Å². The lowest BCUT2D eigenvalue weighted by Gasteiger charge is -2.49. The molecule has 0 radical (unpaired) electrons. The van der Waals surface area contributed by atoms with Gasteiger partial charge in [0.2, 0.25) is 0 Å². The summed E-state index contributed by atoms with van der Waals surface area (Å²) >= 11 is 0. The highest BCUT2D eigenvalue weighted by molar-refractivity contribution is 4.96. The van der Waals surface area contributed by atoms with Crippen molar-refractivity contribution in [1.29, 1.82) is 0 Å². The molecule has 2 heterocycles. The van der Waals surface area contributed by atoms with E-state index in [1.807, 2.05) is 0 Å². The third-order valence-corrected chi connectivity index (χ3v) is 4.97. The molecule has 98 valence electrons. The Kier molecular flexibility index (Phi) is 3.72. The molecule has 0 aromatic rings. The Bertz CT molecular complexity index is 235. The van der Waals surface area contributed by atoms with Gasteiger partial charge in [0.05, 0.1) is 0 Å². The van der Waals surface area contributed by atoms with Crippen LogP contribution in [-0.4, -0.2) is 36.1 Å². The van der Waals surface area contributed by atoms with Crippen LogP contribution >= 0.6 is 0 Å². The van der Waals surface area contributed by atoms with Crippen LogP contribution in [0.25, 0.3) is 0 Å². The van der Waals surface area contributed by atoms with E-state index in [0.717, 1.165) is 24.0 Å². The molecular weight excluding hydrogens is 208 g/mol. The monoisotopic (exact) mass is 236 g/mol. The first kappa shape index (κ1) is 12.0. The van der Waals surface area contributed by atoms with Gasteiger partial charge in [-0.1, -0.05) is 13.3 Å². The molecule has 2 aliphatic heterocycles. The van der Waals surface area contributed by atoms with Gasteiger partial charge < -0.3 is 5.32 Å². The summed E-state index contributed by atoms with van der Waals surface area (Å²) < 4.78 is 0. The van der Waals surface area contributed by atoms with E-state index in [1.165, 1.54) is 64.5 Å². The predicted octanol–water partition coefficient (Wildman–Crippen LogP) is 2.78. The third-order valence-electron chi connectivity index (χ3n) is 4.97. The van der Waals surface area contributed by atoms with E-state index < -0.39 is 0 Å². The highest BCUT2D eigenvalue weighted by Gasteiger charge is 2.40. The van der Waals surface area contributed by atoms with Crippen molar-refractivity contribution in [1.82, 2.24) is 10.2 Å². The molecule has 3 rings (SSSR count). The van der Waals surface area contributed by atoms with E-state index in [0.29, 0.717) is 0 Å². The third kappa shape index (κ3) is 2.85. The topological polar surface area (TPSA) is 15.3 Å². The van der Waals surface area contributed by atoms with Crippen LogP contribution in [0.2, 0.25) is 0 Å². The van der Waals surface area contributed by atoms with Crippen LogP contribution in [0.1, 0.15) is 58.3 Å². The molecule has 2 heteroatoms. The van der Waals surface area contributed by atoms with Crippen molar-refractivity contribution in [3.63, 3.8) is 0 Å². The lowest BCUT2D eigenvalue weighted by atomic mass is 9.81. The van der Waals surface area contributed by atoms with Gasteiger partial charge in [0, 0.05) is 24.7 Å². The number of piperidine rings is 2. The number of nitrogens with zero attached hydrogens (tertiary/aromatic N) is 1. The van der Waals surface area contributed by atoms with Gasteiger partial charge in [-0.2, -0.15) is 0 Å². The molecule has 1 aliphatic carbocycles. The van der Waals surface area contributed by atoms with E-state index in [-0.39, 0.29) is 0 Å². The largest absolute Gasteiger partial charge is 0.314 e. The lowest BCUT2D eigenvalue weighted by Crippen LogP contribution is -2.56. The zero-order chi connectivity index (χ0) is 11.7. The molecule has 3 aliphatic rings. The minimum Gasteiger partial charge on any atom is -0.314 e. The lowest BCUT2D eigenvalue weighted by molar-refractivity contribution is 0.0209. The Balaban J connectivity index is 1.57. The molecule has 1 saturated carbocycles. The van der Waals surface area contributed by atoms with Crippen LogP contribution in [0, 0.1) is 5.92 Å². The fourth-order valence-electron chi connectivity index (χ4n) is 3.89. The molecule has 2 unspecified atom stereocenters. The minimum atomic E-state index is 0.820. The Labute approximate surface area is 106 Å². The maximum atomic E-state index is 3.76. The second-order valence-corrected chi connectivity index (χ2v) is 6.50. The molecule has 17 heavy (non-hydrogen) atoms. The van der Waals surface area contributed by atoms with Crippen molar-refractivity contribution in [3.05, 3.63) is 0 Å². The molecule has 2 bridgehead atoms. The van der Waals surface area contributed by atoms with Crippen LogP contribution in [-0.2, 0) is 0 Å².